The zero-order chi connectivity index (χ0) is 22.7. The molecule has 0 aliphatic carbocycles. The lowest BCUT2D eigenvalue weighted by molar-refractivity contribution is -0.129. The van der Waals surface area contributed by atoms with Gasteiger partial charge < -0.3 is 14.5 Å². The third-order valence-electron chi connectivity index (χ3n) is 7.36. The van der Waals surface area contributed by atoms with Crippen LogP contribution in [0.25, 0.3) is 11.1 Å². The van der Waals surface area contributed by atoms with Crippen LogP contribution in [0.15, 0.2) is 30.6 Å². The Balaban J connectivity index is 1.42. The molecule has 1 amide bonds. The fraction of sp³-hybridized carbons (Fsp3) is 0.480. The second-order valence-corrected chi connectivity index (χ2v) is 9.59. The Bertz CT molecular complexity index is 1220. The molecule has 0 N–H and O–H groups in total. The predicted octanol–water partition coefficient (Wildman–Crippen LogP) is 3.40. The van der Waals surface area contributed by atoms with Crippen LogP contribution in [0.1, 0.15) is 49.0 Å². The van der Waals surface area contributed by atoms with Crippen molar-refractivity contribution in [1.82, 2.24) is 24.5 Å². The summed E-state index contributed by atoms with van der Waals surface area (Å²) in [6.07, 6.45) is 5.80. The molecule has 0 spiro atoms. The topological polar surface area (TPSA) is 68.4 Å². The van der Waals surface area contributed by atoms with Gasteiger partial charge in [-0.3, -0.25) is 14.2 Å². The zero-order valence-electron chi connectivity index (χ0n) is 19.5. The molecule has 2 atom stereocenters. The molecule has 0 bridgehead atoms. The van der Waals surface area contributed by atoms with Crippen molar-refractivity contribution in [3.8, 4) is 11.1 Å². The van der Waals surface area contributed by atoms with Crippen molar-refractivity contribution in [2.75, 3.05) is 31.2 Å². The number of carbonyl (C=O) groups is 1. The van der Waals surface area contributed by atoms with E-state index in [9.17, 15) is 4.79 Å². The van der Waals surface area contributed by atoms with Gasteiger partial charge in [-0.25, -0.2) is 0 Å². The molecule has 5 heterocycles. The summed E-state index contributed by atoms with van der Waals surface area (Å²) < 4.78 is 9.73. The summed E-state index contributed by atoms with van der Waals surface area (Å²) in [5.41, 5.74) is 7.33. The number of carbonyl (C=O) groups excluding carboxylic acids is 1. The number of rotatable bonds is 3. The minimum Gasteiger partial charge on any atom is -0.379 e. The second-order valence-electron chi connectivity index (χ2n) is 9.59. The van der Waals surface area contributed by atoms with Crippen molar-refractivity contribution in [3.05, 3.63) is 47.4 Å². The van der Waals surface area contributed by atoms with Crippen molar-refractivity contribution < 1.29 is 9.53 Å². The van der Waals surface area contributed by atoms with E-state index >= 15 is 0 Å². The largest absolute Gasteiger partial charge is 0.379 e. The van der Waals surface area contributed by atoms with Crippen LogP contribution in [-0.2, 0) is 29.5 Å². The zero-order valence-corrected chi connectivity index (χ0v) is 19.5. The monoisotopic (exact) mass is 446 g/mol. The average Bonchev–Trinajstić information content (AvgIpc) is 3.59. The maximum Gasteiger partial charge on any atom is 0.219 e. The lowest BCUT2D eigenvalue weighted by Crippen LogP contribution is -2.35. The highest BCUT2D eigenvalue weighted by Gasteiger charge is 2.36. The molecule has 33 heavy (non-hydrogen) atoms. The molecular formula is C25H30N6O2. The maximum absolute atomic E-state index is 12.2. The fourth-order valence-electron chi connectivity index (χ4n) is 5.55. The molecule has 3 aliphatic rings. The first-order valence-electron chi connectivity index (χ1n) is 11.8. The van der Waals surface area contributed by atoms with E-state index in [-0.39, 0.29) is 11.9 Å². The molecule has 8 nitrogen and oxygen atoms in total. The lowest BCUT2D eigenvalue weighted by Gasteiger charge is -2.28. The van der Waals surface area contributed by atoms with Gasteiger partial charge in [0.15, 0.2) is 5.82 Å². The number of anilines is 2. The molecular weight excluding hydrogens is 416 g/mol. The summed E-state index contributed by atoms with van der Waals surface area (Å²) in [5.74, 6) is 1.52. The van der Waals surface area contributed by atoms with E-state index in [1.54, 1.807) is 6.92 Å². The van der Waals surface area contributed by atoms with Gasteiger partial charge in [0.05, 0.1) is 25.4 Å². The standard InChI is InChI=1S/C25H30N6O2/c1-16-12-30(23-5-4-18(10-21(16)23)19-11-26-28(3)13-19)25-22-14-29(17(2)32)8-6-24(22)31(27-25)20-7-9-33-15-20/h4-5,10-11,13,16,20H,6-9,12,14-15H2,1-3H3/t16?,20-/m0/s1. The number of hydrogen-bond acceptors (Lipinski definition) is 5. The number of aryl methyl sites for hydroxylation is 1. The van der Waals surface area contributed by atoms with Gasteiger partial charge in [0.25, 0.3) is 0 Å². The third-order valence-corrected chi connectivity index (χ3v) is 7.36. The molecule has 3 aliphatic heterocycles. The fourth-order valence-corrected chi connectivity index (χ4v) is 5.55. The van der Waals surface area contributed by atoms with Gasteiger partial charge in [0.1, 0.15) is 0 Å². The van der Waals surface area contributed by atoms with E-state index in [0.29, 0.717) is 19.1 Å². The van der Waals surface area contributed by atoms with E-state index in [4.69, 9.17) is 9.84 Å². The van der Waals surface area contributed by atoms with Gasteiger partial charge in [-0.2, -0.15) is 10.2 Å². The quantitative estimate of drug-likeness (QED) is 0.617. The molecule has 1 fully saturated rings. The summed E-state index contributed by atoms with van der Waals surface area (Å²) >= 11 is 0. The van der Waals surface area contributed by atoms with Crippen LogP contribution in [0, 0.1) is 0 Å². The molecule has 0 radical (unpaired) electrons. The SMILES string of the molecule is CC(=O)N1CCc2c(c(N3CC(C)c4cc(-c5cnn(C)c5)ccc43)nn2[C@H]2CCOC2)C1. The third kappa shape index (κ3) is 3.35. The Kier molecular flexibility index (Phi) is 4.79. The number of fused-ring (bicyclic) bond motifs is 2. The summed E-state index contributed by atoms with van der Waals surface area (Å²) in [7, 11) is 1.94. The highest BCUT2D eigenvalue weighted by molar-refractivity contribution is 5.77. The van der Waals surface area contributed by atoms with Gasteiger partial charge in [-0.1, -0.05) is 13.0 Å². The van der Waals surface area contributed by atoms with Gasteiger partial charge in [-0.05, 0) is 29.7 Å². The number of nitrogens with zero attached hydrogens (tertiary/aromatic N) is 6. The molecule has 6 rings (SSSR count). The number of hydrogen-bond donors (Lipinski definition) is 0. The van der Waals surface area contributed by atoms with E-state index in [1.807, 2.05) is 22.8 Å². The normalized spacial score (nSPS) is 22.0. The van der Waals surface area contributed by atoms with Crippen LogP contribution >= 0.6 is 0 Å². The van der Waals surface area contributed by atoms with Crippen molar-refractivity contribution in [1.29, 1.82) is 0 Å². The van der Waals surface area contributed by atoms with Crippen molar-refractivity contribution in [2.45, 2.75) is 45.2 Å². The van der Waals surface area contributed by atoms with Crippen LogP contribution in [0.5, 0.6) is 0 Å². The first-order valence-corrected chi connectivity index (χ1v) is 11.8. The van der Waals surface area contributed by atoms with E-state index in [1.165, 1.54) is 28.1 Å². The van der Waals surface area contributed by atoms with Gasteiger partial charge in [-0.15, -0.1) is 0 Å². The molecule has 8 heteroatoms. The number of benzene rings is 1. The minimum absolute atomic E-state index is 0.125. The number of amides is 1. The number of ether oxygens (including phenoxy) is 1. The van der Waals surface area contributed by atoms with Gasteiger partial charge in [0, 0.05) is 74.7 Å². The highest BCUT2D eigenvalue weighted by Crippen LogP contribution is 2.45. The molecule has 1 unspecified atom stereocenters. The van der Waals surface area contributed by atoms with Crippen LogP contribution in [0.2, 0.25) is 0 Å². The average molecular weight is 447 g/mol. The smallest absolute Gasteiger partial charge is 0.219 e. The Morgan fingerprint density at radius 3 is 2.85 bits per heavy atom. The lowest BCUT2D eigenvalue weighted by atomic mass is 9.99. The minimum atomic E-state index is 0.125. The Morgan fingerprint density at radius 2 is 2.12 bits per heavy atom. The van der Waals surface area contributed by atoms with E-state index in [0.717, 1.165) is 43.9 Å². The summed E-state index contributed by atoms with van der Waals surface area (Å²) in [4.78, 5) is 16.5. The summed E-state index contributed by atoms with van der Waals surface area (Å²) in [6.45, 7) is 7.70. The molecule has 1 saturated heterocycles. The van der Waals surface area contributed by atoms with Crippen LogP contribution in [-0.4, -0.2) is 56.7 Å². The van der Waals surface area contributed by atoms with Crippen LogP contribution < -0.4 is 4.90 Å². The Labute approximate surface area is 193 Å². The predicted molar refractivity (Wildman–Crippen MR) is 126 cm³/mol. The maximum atomic E-state index is 12.2. The van der Waals surface area contributed by atoms with Crippen molar-refractivity contribution >= 4 is 17.4 Å². The van der Waals surface area contributed by atoms with Crippen molar-refractivity contribution in [3.63, 3.8) is 0 Å². The molecule has 3 aromatic rings. The molecule has 172 valence electrons. The molecule has 1 aromatic carbocycles. The number of aromatic nitrogens is 4. The van der Waals surface area contributed by atoms with Crippen LogP contribution in [0.4, 0.5) is 11.5 Å². The van der Waals surface area contributed by atoms with Crippen LogP contribution in [0.3, 0.4) is 0 Å². The van der Waals surface area contributed by atoms with Gasteiger partial charge in [0.2, 0.25) is 5.91 Å². The first kappa shape index (κ1) is 20.5. The Morgan fingerprint density at radius 1 is 1.24 bits per heavy atom. The molecule has 2 aromatic heterocycles. The van der Waals surface area contributed by atoms with Gasteiger partial charge >= 0.3 is 0 Å². The summed E-state index contributed by atoms with van der Waals surface area (Å²) in [5, 5.41) is 9.51. The highest BCUT2D eigenvalue weighted by atomic mass is 16.5. The molecule has 0 saturated carbocycles. The van der Waals surface area contributed by atoms with E-state index < -0.39 is 0 Å². The Hall–Kier alpha value is -3.13. The second kappa shape index (κ2) is 7.73. The van der Waals surface area contributed by atoms with E-state index in [2.05, 4.69) is 46.0 Å². The first-order chi connectivity index (χ1) is 16.0. The van der Waals surface area contributed by atoms with Crippen molar-refractivity contribution in [2.24, 2.45) is 7.05 Å². The summed E-state index contributed by atoms with van der Waals surface area (Å²) in [6, 6.07) is 6.98.